The van der Waals surface area contributed by atoms with E-state index in [-0.39, 0.29) is 17.5 Å². The summed E-state index contributed by atoms with van der Waals surface area (Å²) >= 11 is 0. The summed E-state index contributed by atoms with van der Waals surface area (Å²) in [4.78, 5) is 15.3. The maximum atomic E-state index is 12.5. The van der Waals surface area contributed by atoms with E-state index in [1.54, 1.807) is 29.7 Å². The molecule has 0 amide bonds. The van der Waals surface area contributed by atoms with Crippen LogP contribution in [0.2, 0.25) is 0 Å². The number of nitrogens with one attached hydrogen (secondary N) is 1. The smallest absolute Gasteiger partial charge is 0.306 e. The van der Waals surface area contributed by atoms with Crippen LogP contribution in [-0.2, 0) is 27.1 Å². The standard InChI is InChI=1S/C18H23N5O5S2.C8H10.C2H6/c1-11-16(17(21(2)20-11)23(29(3,25)26)30(4,27)28)12-8-9-15-14(10-12)19-18(24)22(15)13-6-5-7-13;1-7-4-3-5-8(2)6-7;1-2/h8-10,13H,5-7H2,1-4H3,(H,19,24);3-6H,1-2H3;1-2H3. The van der Waals surface area contributed by atoms with Crippen LogP contribution in [0.1, 0.15) is 56.0 Å². The van der Waals surface area contributed by atoms with Crippen molar-refractivity contribution < 1.29 is 16.8 Å². The van der Waals surface area contributed by atoms with Crippen LogP contribution in [0.25, 0.3) is 22.2 Å². The average Bonchev–Trinajstić information content (AvgIpc) is 3.27. The van der Waals surface area contributed by atoms with Crippen molar-refractivity contribution in [3.63, 3.8) is 0 Å². The van der Waals surface area contributed by atoms with Crippen molar-refractivity contribution in [3.05, 3.63) is 69.8 Å². The van der Waals surface area contributed by atoms with E-state index in [2.05, 4.69) is 48.2 Å². The van der Waals surface area contributed by atoms with Crippen LogP contribution >= 0.6 is 0 Å². The fourth-order valence-electron chi connectivity index (χ4n) is 4.85. The zero-order chi connectivity index (χ0) is 30.0. The van der Waals surface area contributed by atoms with E-state index >= 15 is 0 Å². The van der Waals surface area contributed by atoms with Crippen molar-refractivity contribution in [3.8, 4) is 11.1 Å². The Bertz CT molecular complexity index is 1730. The lowest BCUT2D eigenvalue weighted by molar-refractivity contribution is 0.314. The van der Waals surface area contributed by atoms with Crippen molar-refractivity contribution in [1.29, 1.82) is 0 Å². The number of sulfonamides is 2. The minimum absolute atomic E-state index is 0.0716. The number of hydrogen-bond donors (Lipinski definition) is 1. The predicted octanol–water partition coefficient (Wildman–Crippen LogP) is 4.82. The van der Waals surface area contributed by atoms with Gasteiger partial charge < -0.3 is 4.98 Å². The summed E-state index contributed by atoms with van der Waals surface area (Å²) < 4.78 is 52.8. The Balaban J connectivity index is 0.000000376. The molecule has 0 spiro atoms. The number of hydrogen-bond acceptors (Lipinski definition) is 6. The van der Waals surface area contributed by atoms with Crippen molar-refractivity contribution in [2.45, 2.75) is 59.9 Å². The third kappa shape index (κ3) is 6.49. The second-order valence-corrected chi connectivity index (χ2v) is 13.8. The predicted molar refractivity (Wildman–Crippen MR) is 162 cm³/mol. The Morgan fingerprint density at radius 1 is 0.925 bits per heavy atom. The van der Waals surface area contributed by atoms with E-state index in [1.807, 2.05) is 13.8 Å². The maximum Gasteiger partial charge on any atom is 0.326 e. The maximum absolute atomic E-state index is 12.5. The number of anilines is 1. The molecule has 0 aliphatic heterocycles. The summed E-state index contributed by atoms with van der Waals surface area (Å²) in [5.41, 5.74) is 5.24. The van der Waals surface area contributed by atoms with Crippen molar-refractivity contribution in [2.75, 3.05) is 16.2 Å². The summed E-state index contributed by atoms with van der Waals surface area (Å²) in [7, 11) is -6.80. The number of aromatic nitrogens is 4. The first-order valence-electron chi connectivity index (χ1n) is 13.2. The van der Waals surface area contributed by atoms with Crippen LogP contribution in [0.5, 0.6) is 0 Å². The second-order valence-electron chi connectivity index (χ2n) is 9.91. The molecule has 4 aromatic rings. The molecule has 2 aromatic heterocycles. The number of fused-ring (bicyclic) bond motifs is 1. The molecule has 0 unspecified atom stereocenters. The van der Waals surface area contributed by atoms with Crippen LogP contribution in [-0.4, -0.2) is 48.7 Å². The average molecular weight is 590 g/mol. The molecule has 12 heteroatoms. The number of rotatable bonds is 5. The first-order chi connectivity index (χ1) is 18.7. The molecule has 5 rings (SSSR count). The zero-order valence-electron chi connectivity index (χ0n) is 24.4. The monoisotopic (exact) mass is 589 g/mol. The largest absolute Gasteiger partial charge is 0.326 e. The minimum Gasteiger partial charge on any atom is -0.306 e. The Labute approximate surface area is 236 Å². The van der Waals surface area contributed by atoms with Crippen molar-refractivity contribution in [1.82, 2.24) is 19.3 Å². The highest BCUT2D eigenvalue weighted by Gasteiger charge is 2.34. The van der Waals surface area contributed by atoms with Crippen LogP contribution in [0.15, 0.2) is 47.3 Å². The summed E-state index contributed by atoms with van der Waals surface area (Å²) in [6, 6.07) is 13.9. The lowest BCUT2D eigenvalue weighted by atomic mass is 9.93. The van der Waals surface area contributed by atoms with E-state index < -0.39 is 20.0 Å². The first kappa shape index (κ1) is 31.2. The topological polar surface area (TPSA) is 127 Å². The second kappa shape index (κ2) is 12.0. The molecule has 0 atom stereocenters. The van der Waals surface area contributed by atoms with Crippen LogP contribution in [0.4, 0.5) is 5.82 Å². The lowest BCUT2D eigenvalue weighted by Gasteiger charge is -2.26. The lowest BCUT2D eigenvalue weighted by Crippen LogP contribution is -2.37. The Morgan fingerprint density at radius 2 is 1.50 bits per heavy atom. The molecule has 0 saturated heterocycles. The quantitative estimate of drug-likeness (QED) is 0.356. The van der Waals surface area contributed by atoms with Gasteiger partial charge in [-0.25, -0.2) is 21.6 Å². The third-order valence-electron chi connectivity index (χ3n) is 6.59. The van der Waals surface area contributed by atoms with Gasteiger partial charge in [0.2, 0.25) is 20.0 Å². The normalized spacial score (nSPS) is 13.6. The molecule has 1 aliphatic rings. The van der Waals surface area contributed by atoms with Crippen molar-refractivity contribution in [2.24, 2.45) is 7.05 Å². The molecule has 218 valence electrons. The molecule has 10 nitrogen and oxygen atoms in total. The summed E-state index contributed by atoms with van der Waals surface area (Å²) in [6.45, 7) is 9.88. The Hall–Kier alpha value is -3.38. The molecule has 0 bridgehead atoms. The number of nitrogens with zero attached hydrogens (tertiary/aromatic N) is 4. The Morgan fingerprint density at radius 3 is 1.95 bits per heavy atom. The summed E-state index contributed by atoms with van der Waals surface area (Å²) in [5.74, 6) is -0.0716. The van der Waals surface area contributed by atoms with Gasteiger partial charge >= 0.3 is 5.69 Å². The molecular weight excluding hydrogens is 550 g/mol. The SMILES string of the molecule is CC.Cc1cccc(C)c1.Cc1nn(C)c(N(S(C)(=O)=O)S(C)(=O)=O)c1-c1ccc2c(c1)[nH]c(=O)n2C1CCC1. The number of aryl methyl sites for hydroxylation is 4. The van der Waals surface area contributed by atoms with Crippen LogP contribution < -0.4 is 9.40 Å². The van der Waals surface area contributed by atoms with Gasteiger partial charge in [0.05, 0.1) is 29.2 Å². The fraction of sp³-hybridized carbons (Fsp3) is 0.429. The van der Waals surface area contributed by atoms with Crippen molar-refractivity contribution >= 4 is 36.9 Å². The highest BCUT2D eigenvalue weighted by Crippen LogP contribution is 2.38. The number of benzene rings is 2. The number of imidazole rings is 1. The fourth-order valence-corrected chi connectivity index (χ4v) is 7.87. The van der Waals surface area contributed by atoms with Crippen LogP contribution in [0, 0.1) is 20.8 Å². The van der Waals surface area contributed by atoms with Gasteiger partial charge in [0.1, 0.15) is 0 Å². The molecule has 0 radical (unpaired) electrons. The van der Waals surface area contributed by atoms with E-state index in [0.717, 1.165) is 37.3 Å². The zero-order valence-corrected chi connectivity index (χ0v) is 26.0. The van der Waals surface area contributed by atoms with Gasteiger partial charge in [0.25, 0.3) is 0 Å². The third-order valence-corrected chi connectivity index (χ3v) is 9.76. The van der Waals surface area contributed by atoms with E-state index in [4.69, 9.17) is 0 Å². The van der Waals surface area contributed by atoms with Gasteiger partial charge in [0, 0.05) is 18.7 Å². The van der Waals surface area contributed by atoms with Gasteiger partial charge in [-0.3, -0.25) is 9.25 Å². The summed E-state index contributed by atoms with van der Waals surface area (Å²) in [6.07, 6.45) is 4.67. The molecule has 1 aliphatic carbocycles. The molecular formula is C28H39N5O5S2. The van der Waals surface area contributed by atoms with Gasteiger partial charge in [-0.05, 0) is 57.7 Å². The first-order valence-corrected chi connectivity index (χ1v) is 16.9. The molecule has 1 N–H and O–H groups in total. The van der Waals surface area contributed by atoms with Gasteiger partial charge in [-0.15, -0.1) is 3.71 Å². The minimum atomic E-state index is -4.14. The van der Waals surface area contributed by atoms with E-state index in [0.29, 0.717) is 26.0 Å². The number of H-pyrrole nitrogens is 1. The highest BCUT2D eigenvalue weighted by atomic mass is 32.3. The number of aromatic amines is 1. The van der Waals surface area contributed by atoms with Gasteiger partial charge in [-0.2, -0.15) is 5.10 Å². The molecule has 1 saturated carbocycles. The van der Waals surface area contributed by atoms with Gasteiger partial charge in [-0.1, -0.05) is 55.3 Å². The Kier molecular flexibility index (Phi) is 9.35. The van der Waals surface area contributed by atoms with Gasteiger partial charge in [0.15, 0.2) is 5.82 Å². The molecule has 40 heavy (non-hydrogen) atoms. The molecule has 2 aromatic carbocycles. The van der Waals surface area contributed by atoms with E-state index in [9.17, 15) is 21.6 Å². The highest BCUT2D eigenvalue weighted by molar-refractivity contribution is 8.09. The summed E-state index contributed by atoms with van der Waals surface area (Å²) in [5, 5.41) is 4.26. The van der Waals surface area contributed by atoms with Crippen LogP contribution in [0.3, 0.4) is 0 Å². The molecule has 2 heterocycles. The van der Waals surface area contributed by atoms with E-state index in [1.165, 1.54) is 22.9 Å². The molecule has 1 fully saturated rings.